The van der Waals surface area contributed by atoms with Crippen LogP contribution in [0.15, 0.2) is 12.5 Å². The Labute approximate surface area is 119 Å². The monoisotopic (exact) mass is 280 g/mol. The van der Waals surface area contributed by atoms with Crippen LogP contribution in [0.25, 0.3) is 0 Å². The van der Waals surface area contributed by atoms with Gasteiger partial charge in [-0.3, -0.25) is 4.79 Å². The summed E-state index contributed by atoms with van der Waals surface area (Å²) in [6.07, 6.45) is 6.40. The minimum atomic E-state index is -0.884. The van der Waals surface area contributed by atoms with E-state index in [0.29, 0.717) is 13.0 Å². The molecule has 0 aliphatic carbocycles. The van der Waals surface area contributed by atoms with Crippen molar-refractivity contribution in [3.63, 3.8) is 0 Å². The van der Waals surface area contributed by atoms with Crippen LogP contribution in [0.1, 0.15) is 25.0 Å². The van der Waals surface area contributed by atoms with Gasteiger partial charge in [-0.15, -0.1) is 0 Å². The summed E-state index contributed by atoms with van der Waals surface area (Å²) >= 11 is 0. The zero-order chi connectivity index (χ0) is 14.6. The number of piperidine rings is 1. The van der Waals surface area contributed by atoms with E-state index in [0.717, 1.165) is 25.9 Å². The second-order valence-electron chi connectivity index (χ2n) is 5.70. The number of carbonyl (C=O) groups excluding carboxylic acids is 1. The fourth-order valence-corrected chi connectivity index (χ4v) is 2.83. The van der Waals surface area contributed by atoms with Crippen LogP contribution >= 0.6 is 0 Å². The van der Waals surface area contributed by atoms with Crippen molar-refractivity contribution in [2.24, 2.45) is 7.05 Å². The van der Waals surface area contributed by atoms with Crippen molar-refractivity contribution in [1.29, 1.82) is 0 Å². The fourth-order valence-electron chi connectivity index (χ4n) is 2.83. The SMILES string of the molecule is CNC(=O)CC1(O)CCCN(CCc2cncn2C)C1. The fraction of sp³-hybridized carbons (Fsp3) is 0.714. The van der Waals surface area contributed by atoms with E-state index in [-0.39, 0.29) is 12.3 Å². The standard InChI is InChI=1S/C14H24N4O2/c1-15-13(19)8-14(20)5-3-6-18(10-14)7-4-12-9-16-11-17(12)2/h9,11,20H,3-8,10H2,1-2H3,(H,15,19). The first kappa shape index (κ1) is 15.0. The third kappa shape index (κ3) is 3.80. The number of aromatic nitrogens is 2. The van der Waals surface area contributed by atoms with Crippen molar-refractivity contribution in [2.75, 3.05) is 26.7 Å². The molecule has 1 aliphatic heterocycles. The third-order valence-electron chi connectivity index (χ3n) is 4.00. The van der Waals surface area contributed by atoms with E-state index in [4.69, 9.17) is 0 Å². The number of rotatable bonds is 5. The Morgan fingerprint density at radius 3 is 3.05 bits per heavy atom. The molecule has 1 aromatic rings. The topological polar surface area (TPSA) is 70.4 Å². The van der Waals surface area contributed by atoms with Crippen LogP contribution in [0.3, 0.4) is 0 Å². The van der Waals surface area contributed by atoms with Crippen molar-refractivity contribution >= 4 is 5.91 Å². The third-order valence-corrected chi connectivity index (χ3v) is 4.00. The number of likely N-dealkylation sites (tertiary alicyclic amines) is 1. The van der Waals surface area contributed by atoms with E-state index in [1.54, 1.807) is 13.4 Å². The predicted octanol–water partition coefficient (Wildman–Crippen LogP) is -0.0744. The highest BCUT2D eigenvalue weighted by atomic mass is 16.3. The predicted molar refractivity (Wildman–Crippen MR) is 76.2 cm³/mol. The van der Waals surface area contributed by atoms with Gasteiger partial charge in [-0.2, -0.15) is 0 Å². The molecule has 6 heteroatoms. The summed E-state index contributed by atoms with van der Waals surface area (Å²) in [5, 5.41) is 13.1. The first-order valence-electron chi connectivity index (χ1n) is 7.13. The Kier molecular flexibility index (Phi) is 4.77. The number of aryl methyl sites for hydroxylation is 1. The molecule has 2 heterocycles. The zero-order valence-electron chi connectivity index (χ0n) is 12.3. The lowest BCUT2D eigenvalue weighted by Gasteiger charge is -2.38. The van der Waals surface area contributed by atoms with E-state index in [9.17, 15) is 9.90 Å². The Morgan fingerprint density at radius 2 is 2.40 bits per heavy atom. The quantitative estimate of drug-likeness (QED) is 0.792. The summed E-state index contributed by atoms with van der Waals surface area (Å²) in [4.78, 5) is 17.8. The van der Waals surface area contributed by atoms with Crippen LogP contribution in [0.2, 0.25) is 0 Å². The zero-order valence-corrected chi connectivity index (χ0v) is 12.3. The average Bonchev–Trinajstić information content (AvgIpc) is 2.81. The number of β-amino-alcohol motifs (C(OH)–C–C–N with tert-alkyl or cyclic N) is 1. The minimum Gasteiger partial charge on any atom is -0.388 e. The first-order chi connectivity index (χ1) is 9.52. The van der Waals surface area contributed by atoms with Crippen LogP contribution in [0.5, 0.6) is 0 Å². The number of carbonyl (C=O) groups is 1. The molecule has 20 heavy (non-hydrogen) atoms. The molecule has 2 rings (SSSR count). The lowest BCUT2D eigenvalue weighted by Crippen LogP contribution is -2.50. The molecule has 1 saturated heterocycles. The second-order valence-corrected chi connectivity index (χ2v) is 5.70. The van der Waals surface area contributed by atoms with Gasteiger partial charge >= 0.3 is 0 Å². The maximum absolute atomic E-state index is 11.5. The van der Waals surface area contributed by atoms with Gasteiger partial charge in [0.2, 0.25) is 5.91 Å². The highest BCUT2D eigenvalue weighted by molar-refractivity contribution is 5.76. The molecule has 0 spiro atoms. The van der Waals surface area contributed by atoms with E-state index in [2.05, 4.69) is 15.2 Å². The number of amides is 1. The molecule has 1 aliphatic rings. The first-order valence-corrected chi connectivity index (χ1v) is 7.13. The number of hydrogen-bond donors (Lipinski definition) is 2. The highest BCUT2D eigenvalue weighted by Crippen LogP contribution is 2.24. The Hall–Kier alpha value is -1.40. The summed E-state index contributed by atoms with van der Waals surface area (Å²) in [6.45, 7) is 2.43. The number of imidazole rings is 1. The van der Waals surface area contributed by atoms with Crippen molar-refractivity contribution in [3.8, 4) is 0 Å². The summed E-state index contributed by atoms with van der Waals surface area (Å²) in [5.74, 6) is -0.0963. The highest BCUT2D eigenvalue weighted by Gasteiger charge is 2.34. The second kappa shape index (κ2) is 6.37. The van der Waals surface area contributed by atoms with Gasteiger partial charge in [-0.05, 0) is 19.4 Å². The molecule has 6 nitrogen and oxygen atoms in total. The van der Waals surface area contributed by atoms with Gasteiger partial charge in [0, 0.05) is 45.5 Å². The maximum atomic E-state index is 11.5. The average molecular weight is 280 g/mol. The van der Waals surface area contributed by atoms with Crippen LogP contribution in [0.4, 0.5) is 0 Å². The molecular formula is C14H24N4O2. The normalized spacial score (nSPS) is 23.8. The molecular weight excluding hydrogens is 256 g/mol. The molecule has 1 aromatic heterocycles. The van der Waals surface area contributed by atoms with Gasteiger partial charge in [0.05, 0.1) is 18.3 Å². The molecule has 0 aromatic carbocycles. The molecule has 1 unspecified atom stereocenters. The number of nitrogens with zero attached hydrogens (tertiary/aromatic N) is 3. The summed E-state index contributed by atoms with van der Waals surface area (Å²) < 4.78 is 2.01. The van der Waals surface area contributed by atoms with E-state index >= 15 is 0 Å². The molecule has 2 N–H and O–H groups in total. The van der Waals surface area contributed by atoms with E-state index < -0.39 is 5.60 Å². The molecule has 0 bridgehead atoms. The van der Waals surface area contributed by atoms with Gasteiger partial charge in [0.1, 0.15) is 0 Å². The van der Waals surface area contributed by atoms with Gasteiger partial charge in [0.25, 0.3) is 0 Å². The van der Waals surface area contributed by atoms with E-state index in [1.807, 2.05) is 17.8 Å². The Balaban J connectivity index is 1.87. The summed E-state index contributed by atoms with van der Waals surface area (Å²) in [5.41, 5.74) is 0.301. The van der Waals surface area contributed by atoms with E-state index in [1.165, 1.54) is 5.69 Å². The van der Waals surface area contributed by atoms with Gasteiger partial charge in [0.15, 0.2) is 0 Å². The smallest absolute Gasteiger partial charge is 0.222 e. The Bertz CT molecular complexity index is 460. The van der Waals surface area contributed by atoms with Crippen LogP contribution in [-0.4, -0.2) is 57.7 Å². The maximum Gasteiger partial charge on any atom is 0.222 e. The molecule has 0 radical (unpaired) electrons. The van der Waals surface area contributed by atoms with Crippen LogP contribution in [0, 0.1) is 0 Å². The van der Waals surface area contributed by atoms with Gasteiger partial charge in [-0.1, -0.05) is 0 Å². The van der Waals surface area contributed by atoms with Gasteiger partial charge in [-0.25, -0.2) is 4.98 Å². The van der Waals surface area contributed by atoms with Crippen molar-refractivity contribution < 1.29 is 9.90 Å². The minimum absolute atomic E-state index is 0.0963. The summed E-state index contributed by atoms with van der Waals surface area (Å²) in [6, 6.07) is 0. The lowest BCUT2D eigenvalue weighted by molar-refractivity contribution is -0.128. The van der Waals surface area contributed by atoms with Gasteiger partial charge < -0.3 is 19.9 Å². The Morgan fingerprint density at radius 1 is 1.60 bits per heavy atom. The van der Waals surface area contributed by atoms with Crippen molar-refractivity contribution in [2.45, 2.75) is 31.3 Å². The van der Waals surface area contributed by atoms with Crippen LogP contribution < -0.4 is 5.32 Å². The molecule has 112 valence electrons. The van der Waals surface area contributed by atoms with Crippen LogP contribution in [-0.2, 0) is 18.3 Å². The molecule has 0 saturated carbocycles. The lowest BCUT2D eigenvalue weighted by atomic mass is 9.89. The molecule has 1 fully saturated rings. The molecule has 1 amide bonds. The number of nitrogens with one attached hydrogen (secondary N) is 1. The molecule has 1 atom stereocenters. The number of aliphatic hydroxyl groups is 1. The largest absolute Gasteiger partial charge is 0.388 e. The number of hydrogen-bond acceptors (Lipinski definition) is 4. The van der Waals surface area contributed by atoms with Crippen molar-refractivity contribution in [3.05, 3.63) is 18.2 Å². The summed E-state index contributed by atoms with van der Waals surface area (Å²) in [7, 11) is 3.59. The van der Waals surface area contributed by atoms with Crippen molar-refractivity contribution in [1.82, 2.24) is 19.8 Å².